The van der Waals surface area contributed by atoms with E-state index in [0.29, 0.717) is 24.9 Å². The maximum Gasteiger partial charge on any atom is 0.240 e. The molecule has 1 saturated heterocycles. The minimum absolute atomic E-state index is 0.139. The first kappa shape index (κ1) is 19.3. The van der Waals surface area contributed by atoms with E-state index < -0.39 is 0 Å². The summed E-state index contributed by atoms with van der Waals surface area (Å²) in [6.07, 6.45) is 1.75. The van der Waals surface area contributed by atoms with Crippen molar-refractivity contribution in [1.82, 2.24) is 20.0 Å². The summed E-state index contributed by atoms with van der Waals surface area (Å²) in [6, 6.07) is 8.37. The SMILES string of the molecule is CCOC(C)c1noc(CN2CCN(c3ccnc4cc(Br)ccc34)CC2)n1. The molecule has 2 aromatic heterocycles. The first-order chi connectivity index (χ1) is 13.6. The van der Waals surface area contributed by atoms with Gasteiger partial charge in [0.1, 0.15) is 6.10 Å². The van der Waals surface area contributed by atoms with Gasteiger partial charge in [0.25, 0.3) is 0 Å². The molecule has 3 aromatic rings. The molecule has 7 nitrogen and oxygen atoms in total. The number of nitrogens with zero attached hydrogens (tertiary/aromatic N) is 5. The molecule has 1 aliphatic heterocycles. The molecule has 1 unspecified atom stereocenters. The summed E-state index contributed by atoms with van der Waals surface area (Å²) in [4.78, 5) is 13.7. The van der Waals surface area contributed by atoms with Crippen molar-refractivity contribution >= 4 is 32.5 Å². The highest BCUT2D eigenvalue weighted by Crippen LogP contribution is 2.28. The molecule has 0 aliphatic carbocycles. The summed E-state index contributed by atoms with van der Waals surface area (Å²) in [7, 11) is 0. The van der Waals surface area contributed by atoms with E-state index in [4.69, 9.17) is 9.26 Å². The van der Waals surface area contributed by atoms with Crippen LogP contribution in [0.3, 0.4) is 0 Å². The third-order valence-electron chi connectivity index (χ3n) is 5.02. The second-order valence-corrected chi connectivity index (χ2v) is 7.81. The molecular formula is C20H24BrN5O2. The molecule has 3 heterocycles. The van der Waals surface area contributed by atoms with E-state index in [9.17, 15) is 0 Å². The van der Waals surface area contributed by atoms with Crippen LogP contribution in [0.5, 0.6) is 0 Å². The minimum atomic E-state index is -0.139. The number of rotatable bonds is 6. The zero-order chi connectivity index (χ0) is 19.5. The van der Waals surface area contributed by atoms with Crippen molar-refractivity contribution in [2.45, 2.75) is 26.5 Å². The van der Waals surface area contributed by atoms with E-state index in [1.807, 2.05) is 20.0 Å². The second-order valence-electron chi connectivity index (χ2n) is 6.90. The van der Waals surface area contributed by atoms with Gasteiger partial charge in [0.05, 0.1) is 12.1 Å². The zero-order valence-corrected chi connectivity index (χ0v) is 17.7. The van der Waals surface area contributed by atoms with Crippen molar-refractivity contribution in [3.05, 3.63) is 46.7 Å². The number of ether oxygens (including phenoxy) is 1. The van der Waals surface area contributed by atoms with Crippen LogP contribution in [-0.2, 0) is 11.3 Å². The zero-order valence-electron chi connectivity index (χ0n) is 16.1. The Morgan fingerprint density at radius 1 is 1.21 bits per heavy atom. The monoisotopic (exact) mass is 445 g/mol. The Kier molecular flexibility index (Phi) is 5.89. The van der Waals surface area contributed by atoms with Gasteiger partial charge in [0, 0.05) is 54.5 Å². The molecule has 4 rings (SSSR count). The number of benzene rings is 1. The first-order valence-corrected chi connectivity index (χ1v) is 10.4. The highest BCUT2D eigenvalue weighted by molar-refractivity contribution is 9.10. The van der Waals surface area contributed by atoms with Crippen molar-refractivity contribution in [2.75, 3.05) is 37.7 Å². The Hall–Kier alpha value is -2.03. The minimum Gasteiger partial charge on any atom is -0.371 e. The Morgan fingerprint density at radius 2 is 2.04 bits per heavy atom. The molecule has 1 fully saturated rings. The number of hydrogen-bond donors (Lipinski definition) is 0. The Labute approximate surface area is 172 Å². The van der Waals surface area contributed by atoms with Crippen LogP contribution in [-0.4, -0.2) is 52.8 Å². The largest absolute Gasteiger partial charge is 0.371 e. The van der Waals surface area contributed by atoms with Gasteiger partial charge in [-0.1, -0.05) is 21.1 Å². The topological polar surface area (TPSA) is 67.5 Å². The van der Waals surface area contributed by atoms with Gasteiger partial charge in [-0.3, -0.25) is 9.88 Å². The molecule has 28 heavy (non-hydrogen) atoms. The molecular weight excluding hydrogens is 422 g/mol. The van der Waals surface area contributed by atoms with Crippen LogP contribution in [0.25, 0.3) is 10.9 Å². The average Bonchev–Trinajstić information content (AvgIpc) is 3.17. The maximum absolute atomic E-state index is 5.52. The summed E-state index contributed by atoms with van der Waals surface area (Å²) in [5.41, 5.74) is 2.25. The number of halogens is 1. The number of pyridine rings is 1. The van der Waals surface area contributed by atoms with Gasteiger partial charge < -0.3 is 14.2 Å². The van der Waals surface area contributed by atoms with Crippen LogP contribution >= 0.6 is 15.9 Å². The van der Waals surface area contributed by atoms with Gasteiger partial charge >= 0.3 is 0 Å². The smallest absolute Gasteiger partial charge is 0.240 e. The molecule has 0 spiro atoms. The van der Waals surface area contributed by atoms with Crippen LogP contribution in [0, 0.1) is 0 Å². The Morgan fingerprint density at radius 3 is 2.82 bits per heavy atom. The lowest BCUT2D eigenvalue weighted by molar-refractivity contribution is 0.0683. The van der Waals surface area contributed by atoms with E-state index in [2.05, 4.69) is 65.1 Å². The average molecular weight is 446 g/mol. The van der Waals surface area contributed by atoms with Crippen molar-refractivity contribution in [1.29, 1.82) is 0 Å². The molecule has 1 aliphatic rings. The van der Waals surface area contributed by atoms with E-state index >= 15 is 0 Å². The first-order valence-electron chi connectivity index (χ1n) is 9.59. The van der Waals surface area contributed by atoms with Gasteiger partial charge in [0.2, 0.25) is 5.89 Å². The molecule has 0 radical (unpaired) electrons. The predicted molar refractivity (Wildman–Crippen MR) is 111 cm³/mol. The number of hydrogen-bond acceptors (Lipinski definition) is 7. The van der Waals surface area contributed by atoms with E-state index in [0.717, 1.165) is 36.2 Å². The van der Waals surface area contributed by atoms with Crippen LogP contribution in [0.1, 0.15) is 31.7 Å². The molecule has 0 N–H and O–H groups in total. The molecule has 1 aromatic carbocycles. The van der Waals surface area contributed by atoms with Crippen molar-refractivity contribution in [3.63, 3.8) is 0 Å². The fraction of sp³-hybridized carbons (Fsp3) is 0.450. The molecule has 0 bridgehead atoms. The lowest BCUT2D eigenvalue weighted by atomic mass is 10.1. The summed E-state index contributed by atoms with van der Waals surface area (Å²) < 4.78 is 12.0. The lowest BCUT2D eigenvalue weighted by Crippen LogP contribution is -2.46. The number of anilines is 1. The molecule has 0 saturated carbocycles. The standard InChI is InChI=1S/C20H24BrN5O2/c1-3-27-14(2)20-23-19(28-24-20)13-25-8-10-26(11-9-25)18-6-7-22-17-12-15(21)4-5-16(17)18/h4-7,12,14H,3,8-11,13H2,1-2H3. The van der Waals surface area contributed by atoms with Crippen LogP contribution in [0.4, 0.5) is 5.69 Å². The normalized spacial score (nSPS) is 16.6. The summed E-state index contributed by atoms with van der Waals surface area (Å²) in [6.45, 7) is 8.99. The maximum atomic E-state index is 5.52. The van der Waals surface area contributed by atoms with Gasteiger partial charge in [-0.2, -0.15) is 4.98 Å². The molecule has 1 atom stereocenters. The van der Waals surface area contributed by atoms with Crippen LogP contribution in [0.15, 0.2) is 39.5 Å². The molecule has 0 amide bonds. The molecule has 8 heteroatoms. The third-order valence-corrected chi connectivity index (χ3v) is 5.51. The molecule has 148 valence electrons. The summed E-state index contributed by atoms with van der Waals surface area (Å²) >= 11 is 3.52. The van der Waals surface area contributed by atoms with Gasteiger partial charge in [-0.15, -0.1) is 0 Å². The summed E-state index contributed by atoms with van der Waals surface area (Å²) in [5.74, 6) is 1.26. The fourth-order valence-corrected chi connectivity index (χ4v) is 3.89. The highest BCUT2D eigenvalue weighted by atomic mass is 79.9. The number of fused-ring (bicyclic) bond motifs is 1. The van der Waals surface area contributed by atoms with Crippen LogP contribution in [0.2, 0.25) is 0 Å². The predicted octanol–water partition coefficient (Wildman–Crippen LogP) is 3.80. The van der Waals surface area contributed by atoms with E-state index in [-0.39, 0.29) is 6.10 Å². The number of piperazine rings is 1. The van der Waals surface area contributed by atoms with E-state index in [1.54, 1.807) is 0 Å². The fourth-order valence-electron chi connectivity index (χ4n) is 3.54. The highest BCUT2D eigenvalue weighted by Gasteiger charge is 2.21. The summed E-state index contributed by atoms with van der Waals surface area (Å²) in [5, 5.41) is 5.23. The second kappa shape index (κ2) is 8.55. The van der Waals surface area contributed by atoms with Crippen molar-refractivity contribution < 1.29 is 9.26 Å². The quantitative estimate of drug-likeness (QED) is 0.571. The number of aromatic nitrogens is 3. The van der Waals surface area contributed by atoms with Crippen molar-refractivity contribution in [2.24, 2.45) is 0 Å². The van der Waals surface area contributed by atoms with E-state index in [1.165, 1.54) is 11.1 Å². The lowest BCUT2D eigenvalue weighted by Gasteiger charge is -2.35. The van der Waals surface area contributed by atoms with Gasteiger partial charge in [-0.05, 0) is 38.1 Å². The Balaban J connectivity index is 1.39. The Bertz CT molecular complexity index is 939. The van der Waals surface area contributed by atoms with Crippen molar-refractivity contribution in [3.8, 4) is 0 Å². The van der Waals surface area contributed by atoms with Crippen LogP contribution < -0.4 is 4.90 Å². The van der Waals surface area contributed by atoms with Gasteiger partial charge in [0.15, 0.2) is 5.82 Å². The third kappa shape index (κ3) is 4.19. The van der Waals surface area contributed by atoms with Gasteiger partial charge in [-0.25, -0.2) is 0 Å².